The van der Waals surface area contributed by atoms with Gasteiger partial charge in [0.1, 0.15) is 23.7 Å². The zero-order chi connectivity index (χ0) is 34.2. The Morgan fingerprint density at radius 2 is 1.67 bits per heavy atom. The van der Waals surface area contributed by atoms with Crippen LogP contribution in [0.5, 0.6) is 0 Å². The molecule has 4 heterocycles. The number of amides is 3. The van der Waals surface area contributed by atoms with E-state index in [-0.39, 0.29) is 43.8 Å². The van der Waals surface area contributed by atoms with Crippen LogP contribution in [-0.4, -0.2) is 89.1 Å². The monoisotopic (exact) mass is 655 g/mol. The van der Waals surface area contributed by atoms with Gasteiger partial charge in [0.2, 0.25) is 11.8 Å². The van der Waals surface area contributed by atoms with Crippen molar-refractivity contribution in [2.45, 2.75) is 76.3 Å². The smallest absolute Gasteiger partial charge is 0.313 e. The molecule has 7 atom stereocenters. The van der Waals surface area contributed by atoms with Gasteiger partial charge in [0, 0.05) is 38.9 Å². The van der Waals surface area contributed by atoms with Crippen molar-refractivity contribution < 1.29 is 33.8 Å². The molecule has 6 rings (SSSR count). The summed E-state index contributed by atoms with van der Waals surface area (Å²) in [6.07, 6.45) is 7.47. The molecule has 0 radical (unpaired) electrons. The molecule has 10 heteroatoms. The number of cyclic esters (lactones) is 1. The van der Waals surface area contributed by atoms with E-state index in [1.165, 1.54) is 0 Å². The third-order valence-electron chi connectivity index (χ3n) is 10.5. The summed E-state index contributed by atoms with van der Waals surface area (Å²) in [7, 11) is 1.71. The Morgan fingerprint density at radius 1 is 0.938 bits per heavy atom. The average Bonchev–Trinajstić information content (AvgIpc) is 3.72. The van der Waals surface area contributed by atoms with E-state index in [1.807, 2.05) is 81.5 Å². The summed E-state index contributed by atoms with van der Waals surface area (Å²) >= 11 is 0. The Hall–Kier alpha value is -4.28. The van der Waals surface area contributed by atoms with E-state index in [9.17, 15) is 19.5 Å². The number of rotatable bonds is 6. The molecule has 1 N–H and O–H groups in total. The van der Waals surface area contributed by atoms with Crippen molar-refractivity contribution in [1.82, 2.24) is 9.80 Å². The van der Waals surface area contributed by atoms with Crippen molar-refractivity contribution in [2.24, 2.45) is 11.8 Å². The number of hydrogen-bond donors (Lipinski definition) is 1. The minimum absolute atomic E-state index is 0.0437. The number of ether oxygens (including phenoxy) is 2. The molecule has 0 unspecified atom stereocenters. The standard InChI is InChI=1S/C38H45N3O7/c1-24-14-13-15-25(2)32(24)40-21-10-6-9-18-29(43)39(4)26(3)33(27-16-7-5-8-17-27)47-37(46)30-28-19-20-38(48-28)31(30)35(44)41(22-11-12-23-42)34(38)36(40)45/h5-8,10,13-17,19-20,26,28,30-31,33-34,42H,9,11-12,18,21-23H2,1-4H3/b10-6-/t26-,28+,30-,31-,33+,34+,38-/m0/s1. The van der Waals surface area contributed by atoms with Crippen LogP contribution in [0.15, 0.2) is 72.8 Å². The fourth-order valence-corrected chi connectivity index (χ4v) is 7.92. The fraction of sp³-hybridized carbons (Fsp3) is 0.474. The van der Waals surface area contributed by atoms with Crippen LogP contribution < -0.4 is 4.90 Å². The van der Waals surface area contributed by atoms with Crippen molar-refractivity contribution in [1.29, 1.82) is 0 Å². The molecule has 0 aliphatic carbocycles. The SMILES string of the molecule is Cc1cccc(C)c1N1C/C=C\CCC(=O)N(C)[C@@H](C)[C@H](c2ccccc2)OC(=O)[C@@H]2[C@H]3C(=O)N(CCCCO)[C@H](C1=O)[C@]31C=C[C@H]2O1. The van der Waals surface area contributed by atoms with Gasteiger partial charge < -0.3 is 29.3 Å². The molecule has 4 aliphatic rings. The molecule has 2 fully saturated rings. The molecule has 0 saturated carbocycles. The highest BCUT2D eigenvalue weighted by Gasteiger charge is 2.73. The number of esters is 1. The van der Waals surface area contributed by atoms with Crippen molar-refractivity contribution in [3.63, 3.8) is 0 Å². The van der Waals surface area contributed by atoms with Crippen LogP contribution in [0.2, 0.25) is 0 Å². The molecular weight excluding hydrogens is 610 g/mol. The van der Waals surface area contributed by atoms with Crippen molar-refractivity contribution in [2.75, 3.05) is 31.6 Å². The van der Waals surface area contributed by atoms with Gasteiger partial charge in [0.05, 0.1) is 18.1 Å². The maximum absolute atomic E-state index is 15.0. The summed E-state index contributed by atoms with van der Waals surface area (Å²) in [5.74, 6) is -3.31. The van der Waals surface area contributed by atoms with Gasteiger partial charge in [0.15, 0.2) is 0 Å². The van der Waals surface area contributed by atoms with Gasteiger partial charge in [-0.2, -0.15) is 0 Å². The van der Waals surface area contributed by atoms with Gasteiger partial charge in [-0.3, -0.25) is 19.2 Å². The second-order valence-corrected chi connectivity index (χ2v) is 13.4. The number of nitrogens with zero attached hydrogens (tertiary/aromatic N) is 3. The molecule has 2 saturated heterocycles. The maximum Gasteiger partial charge on any atom is 0.313 e. The van der Waals surface area contributed by atoms with Gasteiger partial charge in [-0.25, -0.2) is 0 Å². The predicted molar refractivity (Wildman–Crippen MR) is 180 cm³/mol. The minimum atomic E-state index is -1.37. The number of anilines is 1. The molecule has 48 heavy (non-hydrogen) atoms. The van der Waals surface area contributed by atoms with Gasteiger partial charge in [0.25, 0.3) is 5.91 Å². The number of allylic oxidation sites excluding steroid dienone is 1. The zero-order valence-electron chi connectivity index (χ0n) is 28.1. The fourth-order valence-electron chi connectivity index (χ4n) is 7.92. The Bertz CT molecular complexity index is 1600. The highest BCUT2D eigenvalue weighted by atomic mass is 16.6. The van der Waals surface area contributed by atoms with Crippen molar-refractivity contribution >= 4 is 29.4 Å². The van der Waals surface area contributed by atoms with Gasteiger partial charge in [-0.15, -0.1) is 0 Å². The molecule has 1 spiro atoms. The van der Waals surface area contributed by atoms with Crippen LogP contribution in [0.4, 0.5) is 5.69 Å². The van der Waals surface area contributed by atoms with Crippen molar-refractivity contribution in [3.05, 3.63) is 89.5 Å². The van der Waals surface area contributed by atoms with Crippen LogP contribution >= 0.6 is 0 Å². The van der Waals surface area contributed by atoms with E-state index in [2.05, 4.69) is 0 Å². The summed E-state index contributed by atoms with van der Waals surface area (Å²) in [5.41, 5.74) is 1.91. The van der Waals surface area contributed by atoms with Crippen LogP contribution in [0.25, 0.3) is 0 Å². The lowest BCUT2D eigenvalue weighted by Gasteiger charge is -2.36. The summed E-state index contributed by atoms with van der Waals surface area (Å²) < 4.78 is 12.9. The Morgan fingerprint density at radius 3 is 2.38 bits per heavy atom. The number of carbonyl (C=O) groups excluding carboxylic acids is 4. The Labute approximate surface area is 282 Å². The Kier molecular flexibility index (Phi) is 9.58. The first-order valence-corrected chi connectivity index (χ1v) is 16.9. The lowest BCUT2D eigenvalue weighted by Crippen LogP contribution is -2.56. The van der Waals surface area contributed by atoms with E-state index >= 15 is 4.79 Å². The number of likely N-dealkylation sites (N-methyl/N-ethyl adjacent to an activating group) is 1. The molecule has 0 aromatic heterocycles. The quantitative estimate of drug-likeness (QED) is 0.284. The molecule has 4 aliphatic heterocycles. The maximum atomic E-state index is 15.0. The second kappa shape index (κ2) is 13.7. The normalized spacial score (nSPS) is 31.4. The largest absolute Gasteiger partial charge is 0.455 e. The Balaban J connectivity index is 1.47. The first-order chi connectivity index (χ1) is 23.1. The topological polar surface area (TPSA) is 117 Å². The van der Waals surface area contributed by atoms with E-state index in [0.717, 1.165) is 22.4 Å². The predicted octanol–water partition coefficient (Wildman–Crippen LogP) is 4.04. The number of para-hydroxylation sites is 1. The van der Waals surface area contributed by atoms with E-state index in [1.54, 1.807) is 33.9 Å². The number of likely N-dealkylation sites (tertiary alicyclic amines) is 1. The third-order valence-corrected chi connectivity index (χ3v) is 10.5. The summed E-state index contributed by atoms with van der Waals surface area (Å²) in [5, 5.41) is 9.55. The number of aliphatic hydroxyl groups excluding tert-OH is 1. The highest BCUT2D eigenvalue weighted by molar-refractivity contribution is 6.06. The molecule has 3 amide bonds. The number of benzene rings is 2. The summed E-state index contributed by atoms with van der Waals surface area (Å²) in [6, 6.07) is 13.6. The van der Waals surface area contributed by atoms with E-state index in [4.69, 9.17) is 9.47 Å². The number of aryl methyl sites for hydroxylation is 2. The molecule has 254 valence electrons. The van der Waals surface area contributed by atoms with Crippen LogP contribution in [-0.2, 0) is 28.7 Å². The molecule has 10 nitrogen and oxygen atoms in total. The lowest BCUT2D eigenvalue weighted by molar-refractivity contribution is -0.164. The van der Waals surface area contributed by atoms with Crippen molar-refractivity contribution in [3.8, 4) is 0 Å². The first-order valence-electron chi connectivity index (χ1n) is 16.9. The van der Waals surface area contributed by atoms with Gasteiger partial charge >= 0.3 is 5.97 Å². The molecule has 2 aromatic carbocycles. The molecule has 2 aromatic rings. The third kappa shape index (κ3) is 5.75. The number of hydrogen-bond acceptors (Lipinski definition) is 7. The van der Waals surface area contributed by atoms with E-state index in [0.29, 0.717) is 19.3 Å². The van der Waals surface area contributed by atoms with Crippen LogP contribution in [0.1, 0.15) is 55.4 Å². The van der Waals surface area contributed by atoms with Crippen LogP contribution in [0, 0.1) is 25.7 Å². The minimum Gasteiger partial charge on any atom is -0.455 e. The molecule has 5 bridgehead atoms. The molecular formula is C38H45N3O7. The second-order valence-electron chi connectivity index (χ2n) is 13.4. The average molecular weight is 656 g/mol. The number of aliphatic hydroxyl groups is 1. The van der Waals surface area contributed by atoms with E-state index < -0.39 is 47.7 Å². The number of fused-ring (bicyclic) bond motifs is 2. The number of unbranched alkanes of at least 4 members (excludes halogenated alkanes) is 1. The highest BCUT2D eigenvalue weighted by Crippen LogP contribution is 2.56. The summed E-state index contributed by atoms with van der Waals surface area (Å²) in [6.45, 7) is 6.15. The lowest BCUT2D eigenvalue weighted by atomic mass is 9.74. The summed E-state index contributed by atoms with van der Waals surface area (Å²) in [4.78, 5) is 62.1. The van der Waals surface area contributed by atoms with Crippen LogP contribution in [0.3, 0.4) is 0 Å². The number of carbonyl (C=O) groups is 4. The van der Waals surface area contributed by atoms with Gasteiger partial charge in [-0.1, -0.05) is 72.8 Å². The zero-order valence-corrected chi connectivity index (χ0v) is 28.1. The van der Waals surface area contributed by atoms with Gasteiger partial charge in [-0.05, 0) is 56.7 Å². The first kappa shape index (κ1) is 33.6.